The summed E-state index contributed by atoms with van der Waals surface area (Å²) in [4.78, 5) is 16.1. The number of rotatable bonds is 3. The molecular weight excluding hydrogens is 290 g/mol. The number of anilines is 2. The minimum absolute atomic E-state index is 0.231. The number of amides is 1. The quantitative estimate of drug-likeness (QED) is 0.597. The van der Waals surface area contributed by atoms with Gasteiger partial charge in [0.1, 0.15) is 6.07 Å². The van der Waals surface area contributed by atoms with Gasteiger partial charge in [0.15, 0.2) is 5.82 Å². The first-order valence-electron chi connectivity index (χ1n) is 6.00. The Balaban J connectivity index is 2.29. The molecule has 0 aliphatic heterocycles. The first-order chi connectivity index (χ1) is 10.1. The maximum absolute atomic E-state index is 12.2. The van der Waals surface area contributed by atoms with Gasteiger partial charge in [0.25, 0.3) is 5.91 Å². The normalized spacial score (nSPS) is 9.81. The van der Waals surface area contributed by atoms with Gasteiger partial charge >= 0.3 is 0 Å². The smallest absolute Gasteiger partial charge is 0.257 e. The van der Waals surface area contributed by atoms with E-state index in [2.05, 4.69) is 21.8 Å². The van der Waals surface area contributed by atoms with Gasteiger partial charge in [-0.05, 0) is 24.6 Å². The lowest BCUT2D eigenvalue weighted by molar-refractivity contribution is 0.102. The number of pyridine rings is 1. The van der Waals surface area contributed by atoms with Crippen LogP contribution in [-0.2, 0) is 0 Å². The average molecular weight is 302 g/mol. The van der Waals surface area contributed by atoms with Crippen LogP contribution in [-0.4, -0.2) is 10.9 Å². The Kier molecular flexibility index (Phi) is 4.38. The lowest BCUT2D eigenvalue weighted by atomic mass is 10.1. The Labute approximate surface area is 126 Å². The van der Waals surface area contributed by atoms with Crippen LogP contribution in [0.3, 0.4) is 0 Å². The van der Waals surface area contributed by atoms with Crippen LogP contribution in [0.25, 0.3) is 0 Å². The fraction of sp³-hybridized carbons (Fsp3) is 0.0714. The summed E-state index contributed by atoms with van der Waals surface area (Å²) in [5, 5.41) is 12.0. The molecule has 2 rings (SSSR count). The molecule has 7 heteroatoms. The van der Waals surface area contributed by atoms with Gasteiger partial charge < -0.3 is 10.7 Å². The highest BCUT2D eigenvalue weighted by molar-refractivity contribution is 6.33. The molecule has 6 nitrogen and oxygen atoms in total. The zero-order valence-corrected chi connectivity index (χ0v) is 11.9. The summed E-state index contributed by atoms with van der Waals surface area (Å²) in [7, 11) is 0. The van der Waals surface area contributed by atoms with Crippen molar-refractivity contribution in [3.05, 3.63) is 52.2 Å². The number of hydrogen-bond acceptors (Lipinski definition) is 5. The Morgan fingerprint density at radius 1 is 1.48 bits per heavy atom. The van der Waals surface area contributed by atoms with Crippen LogP contribution in [0.2, 0.25) is 5.02 Å². The summed E-state index contributed by atoms with van der Waals surface area (Å²) >= 11 is 5.92. The van der Waals surface area contributed by atoms with Crippen molar-refractivity contribution in [2.75, 3.05) is 10.7 Å². The van der Waals surface area contributed by atoms with Crippen LogP contribution < -0.4 is 16.6 Å². The number of benzene rings is 1. The number of nitrogens with zero attached hydrogens (tertiary/aromatic N) is 2. The number of nitrogens with one attached hydrogen (secondary N) is 2. The standard InChI is InChI=1S/C14H12ClN5O/c1-8-3-2-4-12(10(8)6-16)19-14(21)9-5-11(15)13(20-17)18-7-9/h2-5,7H,17H2,1H3,(H,18,20)(H,19,21). The van der Waals surface area contributed by atoms with Gasteiger partial charge in [0.2, 0.25) is 0 Å². The first-order valence-corrected chi connectivity index (χ1v) is 6.38. The van der Waals surface area contributed by atoms with E-state index in [4.69, 9.17) is 22.7 Å². The summed E-state index contributed by atoms with van der Waals surface area (Å²) in [6.45, 7) is 1.80. The van der Waals surface area contributed by atoms with E-state index in [9.17, 15) is 4.79 Å². The number of carbonyl (C=O) groups excluding carboxylic acids is 1. The molecule has 1 aromatic carbocycles. The zero-order valence-electron chi connectivity index (χ0n) is 11.1. The molecule has 1 aromatic heterocycles. The lowest BCUT2D eigenvalue weighted by Crippen LogP contribution is -2.15. The number of aromatic nitrogens is 1. The number of carbonyl (C=O) groups is 1. The van der Waals surface area contributed by atoms with Crippen LogP contribution in [0.4, 0.5) is 11.5 Å². The second-order valence-corrected chi connectivity index (χ2v) is 4.67. The van der Waals surface area contributed by atoms with Crippen molar-refractivity contribution >= 4 is 29.0 Å². The minimum Gasteiger partial charge on any atom is -0.321 e. The van der Waals surface area contributed by atoms with Crippen LogP contribution in [0.1, 0.15) is 21.5 Å². The van der Waals surface area contributed by atoms with E-state index >= 15 is 0 Å². The molecule has 0 fully saturated rings. The van der Waals surface area contributed by atoms with E-state index in [1.165, 1.54) is 12.3 Å². The maximum Gasteiger partial charge on any atom is 0.257 e. The van der Waals surface area contributed by atoms with Crippen LogP contribution in [0, 0.1) is 18.3 Å². The largest absolute Gasteiger partial charge is 0.321 e. The summed E-state index contributed by atoms with van der Waals surface area (Å²) in [5.41, 5.74) is 4.24. The van der Waals surface area contributed by atoms with Gasteiger partial charge in [-0.2, -0.15) is 5.26 Å². The van der Waals surface area contributed by atoms with E-state index in [0.717, 1.165) is 5.56 Å². The Morgan fingerprint density at radius 2 is 2.24 bits per heavy atom. The molecule has 0 spiro atoms. The fourth-order valence-corrected chi connectivity index (χ4v) is 2.00. The van der Waals surface area contributed by atoms with E-state index in [0.29, 0.717) is 11.3 Å². The number of hydrazine groups is 1. The Morgan fingerprint density at radius 3 is 2.86 bits per heavy atom. The van der Waals surface area contributed by atoms with E-state index in [-0.39, 0.29) is 16.4 Å². The number of nitriles is 1. The van der Waals surface area contributed by atoms with Gasteiger partial charge in [-0.3, -0.25) is 4.79 Å². The summed E-state index contributed by atoms with van der Waals surface area (Å²) in [5.74, 6) is 5.09. The second-order valence-electron chi connectivity index (χ2n) is 4.26. The van der Waals surface area contributed by atoms with Crippen molar-refractivity contribution in [1.29, 1.82) is 5.26 Å². The predicted molar refractivity (Wildman–Crippen MR) is 80.9 cm³/mol. The van der Waals surface area contributed by atoms with Gasteiger partial charge in [0.05, 0.1) is 21.8 Å². The van der Waals surface area contributed by atoms with Crippen LogP contribution in [0.15, 0.2) is 30.5 Å². The lowest BCUT2D eigenvalue weighted by Gasteiger charge is -2.09. The molecule has 2 aromatic rings. The van der Waals surface area contributed by atoms with E-state index in [1.54, 1.807) is 25.1 Å². The molecule has 0 bridgehead atoms. The molecule has 0 atom stereocenters. The number of nitrogen functional groups attached to an aromatic ring is 1. The van der Waals surface area contributed by atoms with Crippen LogP contribution in [0.5, 0.6) is 0 Å². The van der Waals surface area contributed by atoms with E-state index in [1.807, 2.05) is 0 Å². The van der Waals surface area contributed by atoms with Crippen molar-refractivity contribution in [2.24, 2.45) is 5.84 Å². The van der Waals surface area contributed by atoms with Crippen LogP contribution >= 0.6 is 11.6 Å². The highest BCUT2D eigenvalue weighted by Crippen LogP contribution is 2.22. The summed E-state index contributed by atoms with van der Waals surface area (Å²) in [6.07, 6.45) is 1.35. The number of nitrogens with two attached hydrogens (primary N) is 1. The third-order valence-corrected chi connectivity index (χ3v) is 3.16. The third-order valence-electron chi connectivity index (χ3n) is 2.87. The molecule has 0 aliphatic rings. The zero-order chi connectivity index (χ0) is 15.4. The molecule has 106 valence electrons. The fourth-order valence-electron chi connectivity index (χ4n) is 1.78. The molecule has 1 amide bonds. The SMILES string of the molecule is Cc1cccc(NC(=O)c2cnc(NN)c(Cl)c2)c1C#N. The molecule has 1 heterocycles. The molecule has 4 N–H and O–H groups in total. The molecular formula is C14H12ClN5O. The highest BCUT2D eigenvalue weighted by Gasteiger charge is 2.12. The number of aryl methyl sites for hydroxylation is 1. The maximum atomic E-state index is 12.2. The van der Waals surface area contributed by atoms with Crippen molar-refractivity contribution in [1.82, 2.24) is 4.98 Å². The van der Waals surface area contributed by atoms with Gasteiger partial charge in [-0.25, -0.2) is 10.8 Å². The van der Waals surface area contributed by atoms with Gasteiger partial charge in [-0.15, -0.1) is 0 Å². The Bertz CT molecular complexity index is 739. The Hall–Kier alpha value is -2.62. The van der Waals surface area contributed by atoms with Crippen molar-refractivity contribution in [2.45, 2.75) is 6.92 Å². The first kappa shape index (κ1) is 14.8. The second kappa shape index (κ2) is 6.22. The number of hydrogen-bond donors (Lipinski definition) is 3. The predicted octanol–water partition coefficient (Wildman–Crippen LogP) is 2.45. The van der Waals surface area contributed by atoms with Crippen molar-refractivity contribution in [3.8, 4) is 6.07 Å². The van der Waals surface area contributed by atoms with Crippen molar-refractivity contribution in [3.63, 3.8) is 0 Å². The molecule has 0 saturated carbocycles. The van der Waals surface area contributed by atoms with Gasteiger partial charge in [-0.1, -0.05) is 23.7 Å². The molecule has 0 radical (unpaired) electrons. The number of halogens is 1. The molecule has 0 unspecified atom stereocenters. The third kappa shape index (κ3) is 3.11. The summed E-state index contributed by atoms with van der Waals surface area (Å²) < 4.78 is 0. The summed E-state index contributed by atoms with van der Waals surface area (Å²) in [6, 6.07) is 8.74. The topological polar surface area (TPSA) is 104 Å². The van der Waals surface area contributed by atoms with Crippen molar-refractivity contribution < 1.29 is 4.79 Å². The molecule has 0 saturated heterocycles. The molecule has 21 heavy (non-hydrogen) atoms. The average Bonchev–Trinajstić information content (AvgIpc) is 2.47. The van der Waals surface area contributed by atoms with Gasteiger partial charge in [0, 0.05) is 6.20 Å². The van der Waals surface area contributed by atoms with E-state index < -0.39 is 5.91 Å². The molecule has 0 aliphatic carbocycles. The monoisotopic (exact) mass is 301 g/mol. The highest BCUT2D eigenvalue weighted by atomic mass is 35.5. The minimum atomic E-state index is -0.407.